The van der Waals surface area contributed by atoms with E-state index < -0.39 is 0 Å². The van der Waals surface area contributed by atoms with Gasteiger partial charge in [0.2, 0.25) is 0 Å². The Labute approximate surface area is 396 Å². The molecule has 0 aliphatic heterocycles. The molecule has 1 unspecified atom stereocenters. The van der Waals surface area contributed by atoms with Gasteiger partial charge in [-0.25, -0.2) is 0 Å². The highest BCUT2D eigenvalue weighted by molar-refractivity contribution is 6.25. The number of hydrogen-bond donors (Lipinski definition) is 2. The number of fused-ring (bicyclic) bond motifs is 9. The molecule has 1 atom stereocenters. The van der Waals surface area contributed by atoms with Crippen molar-refractivity contribution in [3.05, 3.63) is 272 Å². The van der Waals surface area contributed by atoms with Gasteiger partial charge < -0.3 is 15.6 Å². The maximum atomic E-state index is 7.13. The zero-order valence-electron chi connectivity index (χ0n) is 37.4. The number of hydrogen-bond acceptors (Lipinski definition) is 2. The molecule has 0 radical (unpaired) electrons. The topological polar surface area (TPSA) is 43.0 Å². The highest BCUT2D eigenvalue weighted by Crippen LogP contribution is 2.40. The Kier molecular flexibility index (Phi) is 10.5. The van der Waals surface area contributed by atoms with E-state index in [0.29, 0.717) is 0 Å². The van der Waals surface area contributed by atoms with Gasteiger partial charge in [-0.3, -0.25) is 0 Å². The van der Waals surface area contributed by atoms with E-state index in [1.54, 1.807) is 0 Å². The molecule has 3 N–H and O–H groups in total. The van der Waals surface area contributed by atoms with E-state index in [1.807, 2.05) is 6.20 Å². The minimum Gasteiger partial charge on any atom is -0.361 e. The standard InChI is InChI=1S/C65H47N3/c66-62(51-22-16-21-46(39-51)47-31-34-57-55-27-11-10-25-53(55)54-26-12-13-28-56(54)60(57)41-47)43-50(44-17-4-1-5-18-44)37-38-67-63-35-32-48(40-59(63)45-19-6-2-7-20-45)49-33-36-65-61(42-49)58-29-14-15-30-64(58)68(65)52-23-8-3-9-24-52/h1-43,62,67H,66H2/b38-37+,50-43+. The van der Waals surface area contributed by atoms with Crippen LogP contribution in [0.15, 0.2) is 261 Å². The lowest BCUT2D eigenvalue weighted by molar-refractivity contribution is 0.914. The van der Waals surface area contributed by atoms with Crippen molar-refractivity contribution in [2.24, 2.45) is 5.73 Å². The minimum absolute atomic E-state index is 0.349. The fourth-order valence-electron chi connectivity index (χ4n) is 10.1. The molecule has 68 heavy (non-hydrogen) atoms. The molecule has 0 bridgehead atoms. The van der Waals surface area contributed by atoms with Crippen LogP contribution in [-0.4, -0.2) is 4.57 Å². The Bertz CT molecular complexity index is 3850. The minimum atomic E-state index is -0.349. The van der Waals surface area contributed by atoms with Gasteiger partial charge in [0.25, 0.3) is 0 Å². The van der Waals surface area contributed by atoms with E-state index in [1.165, 1.54) is 65.3 Å². The third kappa shape index (κ3) is 7.51. The molecule has 12 rings (SSSR count). The predicted molar refractivity (Wildman–Crippen MR) is 290 cm³/mol. The summed E-state index contributed by atoms with van der Waals surface area (Å²) < 4.78 is 2.36. The average molecular weight is 870 g/mol. The van der Waals surface area contributed by atoms with Gasteiger partial charge in [0, 0.05) is 40.0 Å². The van der Waals surface area contributed by atoms with Gasteiger partial charge in [-0.2, -0.15) is 0 Å². The fourth-order valence-corrected chi connectivity index (χ4v) is 10.1. The third-order valence-corrected chi connectivity index (χ3v) is 13.4. The first-order chi connectivity index (χ1) is 33.6. The highest BCUT2D eigenvalue weighted by Gasteiger charge is 2.16. The second kappa shape index (κ2) is 17.6. The zero-order valence-corrected chi connectivity index (χ0v) is 37.4. The van der Waals surface area contributed by atoms with E-state index >= 15 is 0 Å². The molecule has 3 heteroatoms. The molecule has 1 heterocycles. The number of rotatable bonds is 10. The number of aromatic nitrogens is 1. The maximum Gasteiger partial charge on any atom is 0.0541 e. The molecule has 1 aromatic heterocycles. The van der Waals surface area contributed by atoms with Crippen LogP contribution in [0.2, 0.25) is 0 Å². The molecule has 0 fully saturated rings. The van der Waals surface area contributed by atoms with Crippen molar-refractivity contribution in [1.29, 1.82) is 0 Å². The van der Waals surface area contributed by atoms with E-state index in [-0.39, 0.29) is 6.04 Å². The number of nitrogens with one attached hydrogen (secondary N) is 1. The smallest absolute Gasteiger partial charge is 0.0541 e. The SMILES string of the molecule is NC(/C=C(\C=C\Nc1ccc(-c2ccc3c(c2)c2ccccc2n3-c2ccccc2)cc1-c1ccccc1)c1ccccc1)c1cccc(-c2ccc3c4ccccc4c4ccccc4c3c2)c1. The Hall–Kier alpha value is -8.76. The van der Waals surface area contributed by atoms with Crippen LogP contribution in [0.3, 0.4) is 0 Å². The summed E-state index contributed by atoms with van der Waals surface area (Å²) in [5.41, 5.74) is 21.7. The Morgan fingerprint density at radius 2 is 0.912 bits per heavy atom. The summed E-state index contributed by atoms with van der Waals surface area (Å²) >= 11 is 0. The zero-order chi connectivity index (χ0) is 45.4. The molecule has 0 amide bonds. The molecular formula is C65H47N3. The first-order valence-electron chi connectivity index (χ1n) is 23.3. The van der Waals surface area contributed by atoms with Crippen molar-refractivity contribution in [2.75, 3.05) is 5.32 Å². The quantitative estimate of drug-likeness (QED) is 0.106. The average Bonchev–Trinajstić information content (AvgIpc) is 3.75. The Morgan fingerprint density at radius 3 is 1.63 bits per heavy atom. The second-order valence-corrected chi connectivity index (χ2v) is 17.5. The summed E-state index contributed by atoms with van der Waals surface area (Å²) in [7, 11) is 0. The van der Waals surface area contributed by atoms with Gasteiger partial charge in [-0.15, -0.1) is 0 Å². The second-order valence-electron chi connectivity index (χ2n) is 17.5. The number of allylic oxidation sites excluding steroid dienone is 2. The van der Waals surface area contributed by atoms with E-state index in [4.69, 9.17) is 5.73 Å². The number of nitrogens with zero attached hydrogens (tertiary/aromatic N) is 1. The van der Waals surface area contributed by atoms with Crippen molar-refractivity contribution < 1.29 is 0 Å². The molecule has 12 aromatic rings. The summed E-state index contributed by atoms with van der Waals surface area (Å²) in [6, 6.07) is 86.6. The van der Waals surface area contributed by atoms with Crippen LogP contribution >= 0.6 is 0 Å². The lowest BCUT2D eigenvalue weighted by atomic mass is 9.91. The predicted octanol–water partition coefficient (Wildman–Crippen LogP) is 17.0. The summed E-state index contributed by atoms with van der Waals surface area (Å²) in [5, 5.41) is 13.8. The number of anilines is 1. The summed E-state index contributed by atoms with van der Waals surface area (Å²) in [6.07, 6.45) is 6.34. The van der Waals surface area contributed by atoms with Crippen molar-refractivity contribution in [1.82, 2.24) is 4.57 Å². The molecular weight excluding hydrogens is 823 g/mol. The third-order valence-electron chi connectivity index (χ3n) is 13.4. The summed E-state index contributed by atoms with van der Waals surface area (Å²) in [4.78, 5) is 0. The van der Waals surface area contributed by atoms with E-state index in [0.717, 1.165) is 50.3 Å². The molecule has 0 aliphatic carbocycles. The van der Waals surface area contributed by atoms with Crippen molar-refractivity contribution in [3.8, 4) is 39.1 Å². The van der Waals surface area contributed by atoms with Crippen molar-refractivity contribution >= 4 is 65.4 Å². The van der Waals surface area contributed by atoms with Crippen LogP contribution < -0.4 is 11.1 Å². The molecule has 322 valence electrons. The van der Waals surface area contributed by atoms with E-state index in [9.17, 15) is 0 Å². The molecule has 3 nitrogen and oxygen atoms in total. The molecule has 0 saturated carbocycles. The van der Waals surface area contributed by atoms with Crippen LogP contribution in [0.25, 0.3) is 98.8 Å². The normalized spacial score (nSPS) is 12.5. The van der Waals surface area contributed by atoms with E-state index in [2.05, 4.69) is 265 Å². The Morgan fingerprint density at radius 1 is 0.397 bits per heavy atom. The van der Waals surface area contributed by atoms with Crippen LogP contribution in [0.4, 0.5) is 5.69 Å². The Balaban J connectivity index is 0.869. The van der Waals surface area contributed by atoms with Crippen LogP contribution in [-0.2, 0) is 0 Å². The fraction of sp³-hybridized carbons (Fsp3) is 0.0154. The van der Waals surface area contributed by atoms with Crippen molar-refractivity contribution in [2.45, 2.75) is 6.04 Å². The molecule has 0 aliphatic rings. The van der Waals surface area contributed by atoms with Gasteiger partial charge in [0.05, 0.1) is 11.0 Å². The van der Waals surface area contributed by atoms with Crippen LogP contribution in [0.5, 0.6) is 0 Å². The lowest BCUT2D eigenvalue weighted by Gasteiger charge is -2.15. The van der Waals surface area contributed by atoms with Crippen LogP contribution in [0.1, 0.15) is 17.2 Å². The van der Waals surface area contributed by atoms with Gasteiger partial charge in [-0.05, 0) is 138 Å². The van der Waals surface area contributed by atoms with Gasteiger partial charge in [0.15, 0.2) is 0 Å². The largest absolute Gasteiger partial charge is 0.361 e. The van der Waals surface area contributed by atoms with Gasteiger partial charge in [-0.1, -0.05) is 194 Å². The number of benzene rings is 11. The first kappa shape index (κ1) is 40.7. The monoisotopic (exact) mass is 869 g/mol. The highest BCUT2D eigenvalue weighted by atomic mass is 15.0. The van der Waals surface area contributed by atoms with Crippen molar-refractivity contribution in [3.63, 3.8) is 0 Å². The molecule has 0 saturated heterocycles. The molecule has 0 spiro atoms. The first-order valence-corrected chi connectivity index (χ1v) is 23.3. The summed E-state index contributed by atoms with van der Waals surface area (Å²) in [6.45, 7) is 0. The lowest BCUT2D eigenvalue weighted by Crippen LogP contribution is -2.08. The van der Waals surface area contributed by atoms with Gasteiger partial charge >= 0.3 is 0 Å². The number of nitrogens with two attached hydrogens (primary N) is 1. The maximum absolute atomic E-state index is 7.13. The van der Waals surface area contributed by atoms with Crippen LogP contribution in [0, 0.1) is 0 Å². The number of para-hydroxylation sites is 2. The molecule has 11 aromatic carbocycles. The summed E-state index contributed by atoms with van der Waals surface area (Å²) in [5.74, 6) is 0. The van der Waals surface area contributed by atoms with Gasteiger partial charge in [0.1, 0.15) is 0 Å².